The molecule has 0 saturated carbocycles. The Kier molecular flexibility index (Phi) is 4.53. The lowest BCUT2D eigenvalue weighted by atomic mass is 10.1. The van der Waals surface area contributed by atoms with E-state index in [1.807, 2.05) is 0 Å². The second-order valence-electron chi connectivity index (χ2n) is 3.98. The predicted octanol–water partition coefficient (Wildman–Crippen LogP) is 1.11. The molecule has 1 fully saturated rings. The molecule has 1 aliphatic rings. The van der Waals surface area contributed by atoms with Crippen molar-refractivity contribution < 1.29 is 9.84 Å². The summed E-state index contributed by atoms with van der Waals surface area (Å²) in [6.07, 6.45) is 3.62. The second-order valence-corrected chi connectivity index (χ2v) is 4.37. The third-order valence-corrected chi connectivity index (χ3v) is 3.04. The van der Waals surface area contributed by atoms with Crippen molar-refractivity contribution >= 4 is 17.4 Å². The molecule has 0 spiro atoms. The molecule has 5 nitrogen and oxygen atoms in total. The van der Waals surface area contributed by atoms with Gasteiger partial charge >= 0.3 is 0 Å². The third-order valence-electron chi connectivity index (χ3n) is 2.83. The summed E-state index contributed by atoms with van der Waals surface area (Å²) < 4.78 is 5.50. The van der Waals surface area contributed by atoms with Crippen molar-refractivity contribution in [2.75, 3.05) is 31.2 Å². The van der Waals surface area contributed by atoms with Gasteiger partial charge in [-0.2, -0.15) is 0 Å². The largest absolute Gasteiger partial charge is 0.394 e. The van der Waals surface area contributed by atoms with Crippen molar-refractivity contribution in [2.45, 2.75) is 18.9 Å². The molecule has 94 valence electrons. The topological polar surface area (TPSA) is 58.5 Å². The summed E-state index contributed by atoms with van der Waals surface area (Å²) in [5.41, 5.74) is 0. The molecule has 1 saturated heterocycles. The summed E-state index contributed by atoms with van der Waals surface area (Å²) in [6.45, 7) is 2.29. The average Bonchev–Trinajstić information content (AvgIpc) is 2.37. The van der Waals surface area contributed by atoms with E-state index in [0.717, 1.165) is 31.7 Å². The lowest BCUT2D eigenvalue weighted by molar-refractivity contribution is 0.0158. The SMILES string of the molecule is OCCOC1CCN(c2cc(Cl)ncn2)CC1. The van der Waals surface area contributed by atoms with Gasteiger partial charge in [0.05, 0.1) is 19.3 Å². The van der Waals surface area contributed by atoms with Gasteiger partial charge in [-0.25, -0.2) is 9.97 Å². The molecule has 2 rings (SSSR count). The first-order valence-electron chi connectivity index (χ1n) is 5.74. The fourth-order valence-electron chi connectivity index (χ4n) is 1.97. The molecule has 0 aliphatic carbocycles. The van der Waals surface area contributed by atoms with Gasteiger partial charge in [-0.1, -0.05) is 11.6 Å². The van der Waals surface area contributed by atoms with Crippen LogP contribution in [0.1, 0.15) is 12.8 Å². The standard InChI is InChI=1S/C11H16ClN3O2/c12-10-7-11(14-8-13-10)15-3-1-9(2-4-15)17-6-5-16/h7-9,16H,1-6H2. The van der Waals surface area contributed by atoms with Crippen LogP contribution in [0.25, 0.3) is 0 Å². The number of aromatic nitrogens is 2. The number of nitrogens with zero attached hydrogens (tertiary/aromatic N) is 3. The van der Waals surface area contributed by atoms with Gasteiger partial charge in [0, 0.05) is 19.2 Å². The van der Waals surface area contributed by atoms with Crippen LogP contribution in [0.3, 0.4) is 0 Å². The quantitative estimate of drug-likeness (QED) is 0.819. The monoisotopic (exact) mass is 257 g/mol. The van der Waals surface area contributed by atoms with E-state index in [2.05, 4.69) is 14.9 Å². The maximum atomic E-state index is 8.69. The number of anilines is 1. The number of hydrogen-bond donors (Lipinski definition) is 1. The molecule has 0 unspecified atom stereocenters. The molecule has 1 aromatic rings. The first-order valence-corrected chi connectivity index (χ1v) is 6.12. The van der Waals surface area contributed by atoms with Gasteiger partial charge in [0.15, 0.2) is 0 Å². The Morgan fingerprint density at radius 2 is 2.18 bits per heavy atom. The molecule has 0 atom stereocenters. The van der Waals surface area contributed by atoms with Gasteiger partial charge in [0.25, 0.3) is 0 Å². The summed E-state index contributed by atoms with van der Waals surface area (Å²) in [6, 6.07) is 1.77. The van der Waals surface area contributed by atoms with Crippen molar-refractivity contribution in [1.29, 1.82) is 0 Å². The summed E-state index contributed by atoms with van der Waals surface area (Å²) >= 11 is 5.83. The molecule has 1 aliphatic heterocycles. The Balaban J connectivity index is 1.86. The van der Waals surface area contributed by atoms with E-state index in [0.29, 0.717) is 11.8 Å². The zero-order chi connectivity index (χ0) is 12.1. The summed E-state index contributed by atoms with van der Waals surface area (Å²) in [7, 11) is 0. The molecule has 0 aromatic carbocycles. The Morgan fingerprint density at radius 1 is 1.41 bits per heavy atom. The molecule has 1 N–H and O–H groups in total. The highest BCUT2D eigenvalue weighted by Crippen LogP contribution is 2.20. The van der Waals surface area contributed by atoms with Crippen LogP contribution in [0.2, 0.25) is 5.15 Å². The van der Waals surface area contributed by atoms with Gasteiger partial charge in [0.1, 0.15) is 17.3 Å². The van der Waals surface area contributed by atoms with Crippen molar-refractivity contribution in [3.63, 3.8) is 0 Å². The number of aliphatic hydroxyl groups is 1. The number of halogens is 1. The molecular formula is C11H16ClN3O2. The molecule has 0 amide bonds. The van der Waals surface area contributed by atoms with Crippen LogP contribution in [-0.2, 0) is 4.74 Å². The molecule has 6 heteroatoms. The number of ether oxygens (including phenoxy) is 1. The van der Waals surface area contributed by atoms with Crippen LogP contribution in [0, 0.1) is 0 Å². The Hall–Kier alpha value is -0.910. The summed E-state index contributed by atoms with van der Waals surface area (Å²) in [5.74, 6) is 0.866. The Bertz CT molecular complexity index is 356. The van der Waals surface area contributed by atoms with Gasteiger partial charge in [-0.15, -0.1) is 0 Å². The van der Waals surface area contributed by atoms with Gasteiger partial charge in [-0.05, 0) is 12.8 Å². The minimum Gasteiger partial charge on any atom is -0.394 e. The van der Waals surface area contributed by atoms with E-state index in [9.17, 15) is 0 Å². The maximum Gasteiger partial charge on any atom is 0.134 e. The van der Waals surface area contributed by atoms with Gasteiger partial charge in [-0.3, -0.25) is 0 Å². The van der Waals surface area contributed by atoms with Crippen LogP contribution >= 0.6 is 11.6 Å². The molecule has 1 aromatic heterocycles. The zero-order valence-corrected chi connectivity index (χ0v) is 10.3. The van der Waals surface area contributed by atoms with Crippen LogP contribution in [0.5, 0.6) is 0 Å². The number of piperidine rings is 1. The molecule has 0 bridgehead atoms. The van der Waals surface area contributed by atoms with Crippen molar-refractivity contribution in [2.24, 2.45) is 0 Å². The first-order chi connectivity index (χ1) is 8.29. The highest BCUT2D eigenvalue weighted by atomic mass is 35.5. The van der Waals surface area contributed by atoms with Crippen LogP contribution < -0.4 is 4.90 Å². The summed E-state index contributed by atoms with van der Waals surface area (Å²) in [5, 5.41) is 9.16. The van der Waals surface area contributed by atoms with Crippen LogP contribution in [0.15, 0.2) is 12.4 Å². The normalized spacial score (nSPS) is 17.4. The summed E-state index contributed by atoms with van der Waals surface area (Å²) in [4.78, 5) is 10.2. The van der Waals surface area contributed by atoms with Crippen molar-refractivity contribution in [3.05, 3.63) is 17.5 Å². The second kappa shape index (κ2) is 6.14. The fraction of sp³-hybridized carbons (Fsp3) is 0.636. The zero-order valence-electron chi connectivity index (χ0n) is 9.55. The van der Waals surface area contributed by atoms with Crippen molar-refractivity contribution in [3.8, 4) is 0 Å². The highest BCUT2D eigenvalue weighted by molar-refractivity contribution is 6.29. The van der Waals surface area contributed by atoms with Crippen LogP contribution in [0.4, 0.5) is 5.82 Å². The molecule has 0 radical (unpaired) electrons. The maximum absolute atomic E-state index is 8.69. The Labute approximate surface area is 105 Å². The molecule has 17 heavy (non-hydrogen) atoms. The van der Waals surface area contributed by atoms with Crippen molar-refractivity contribution in [1.82, 2.24) is 9.97 Å². The molecular weight excluding hydrogens is 242 g/mol. The smallest absolute Gasteiger partial charge is 0.134 e. The van der Waals surface area contributed by atoms with E-state index in [4.69, 9.17) is 21.4 Å². The predicted molar refractivity (Wildman–Crippen MR) is 65.3 cm³/mol. The van der Waals surface area contributed by atoms with Gasteiger partial charge < -0.3 is 14.7 Å². The van der Waals surface area contributed by atoms with E-state index in [1.165, 1.54) is 6.33 Å². The van der Waals surface area contributed by atoms with Gasteiger partial charge in [0.2, 0.25) is 0 Å². The minimum atomic E-state index is 0.0851. The first kappa shape index (κ1) is 12.5. The van der Waals surface area contributed by atoms with E-state index >= 15 is 0 Å². The number of hydrogen-bond acceptors (Lipinski definition) is 5. The lowest BCUT2D eigenvalue weighted by Crippen LogP contribution is -2.37. The van der Waals surface area contributed by atoms with E-state index in [1.54, 1.807) is 6.07 Å². The van der Waals surface area contributed by atoms with E-state index < -0.39 is 0 Å². The molecule has 2 heterocycles. The minimum absolute atomic E-state index is 0.0851. The van der Waals surface area contributed by atoms with Crippen LogP contribution in [-0.4, -0.2) is 47.5 Å². The fourth-order valence-corrected chi connectivity index (χ4v) is 2.11. The average molecular weight is 258 g/mol. The van der Waals surface area contributed by atoms with E-state index in [-0.39, 0.29) is 12.7 Å². The Morgan fingerprint density at radius 3 is 2.82 bits per heavy atom. The highest BCUT2D eigenvalue weighted by Gasteiger charge is 2.20. The third kappa shape index (κ3) is 3.52. The number of aliphatic hydroxyl groups excluding tert-OH is 1. The number of rotatable bonds is 4. The lowest BCUT2D eigenvalue weighted by Gasteiger charge is -2.32.